The van der Waals surface area contributed by atoms with E-state index in [1.807, 2.05) is 53.2 Å². The number of benzene rings is 2. The zero-order valence-corrected chi connectivity index (χ0v) is 21.3. The van der Waals surface area contributed by atoms with Crippen LogP contribution in [0.2, 0.25) is 0 Å². The predicted octanol–water partition coefficient (Wildman–Crippen LogP) is 4.74. The van der Waals surface area contributed by atoms with E-state index in [9.17, 15) is 4.79 Å². The second-order valence-electron chi connectivity index (χ2n) is 10.1. The van der Waals surface area contributed by atoms with Crippen molar-refractivity contribution in [1.29, 1.82) is 0 Å². The fourth-order valence-corrected chi connectivity index (χ4v) is 5.76. The number of H-pyrrole nitrogens is 1. The lowest BCUT2D eigenvalue weighted by molar-refractivity contribution is 0.174. The van der Waals surface area contributed by atoms with Crippen LogP contribution in [0.1, 0.15) is 60.5 Å². The third-order valence-electron chi connectivity index (χ3n) is 7.63. The Labute approximate surface area is 224 Å². The highest BCUT2D eigenvalue weighted by atomic mass is 16.7. The minimum atomic E-state index is -0.538. The standard InChI is InChI=1S/C29H28N6O4/c36-29-23(13-20-14-25-26(39-18-38-25)15-24(20)30-29)27(28-31-32-33-35(28)21-9-4-5-10-21)34(17-22-11-6-12-37-22)16-19-7-2-1-3-8-19/h1-3,6-8,11-15,21,27H,4-5,9-10,16-18H2,(H,30,36). The summed E-state index contributed by atoms with van der Waals surface area (Å²) in [6, 6.07) is 19.3. The quantitative estimate of drug-likeness (QED) is 0.310. The highest BCUT2D eigenvalue weighted by Gasteiger charge is 2.34. The number of tetrazole rings is 1. The lowest BCUT2D eigenvalue weighted by Gasteiger charge is -2.31. The first-order chi connectivity index (χ1) is 19.2. The van der Waals surface area contributed by atoms with E-state index in [1.54, 1.807) is 6.26 Å². The molecule has 1 aliphatic carbocycles. The maximum atomic E-state index is 13.8. The van der Waals surface area contributed by atoms with Crippen molar-refractivity contribution < 1.29 is 13.9 Å². The number of nitrogens with zero attached hydrogens (tertiary/aromatic N) is 5. The molecule has 2 aliphatic rings. The number of nitrogens with one attached hydrogen (secondary N) is 1. The monoisotopic (exact) mass is 524 g/mol. The predicted molar refractivity (Wildman–Crippen MR) is 142 cm³/mol. The van der Waals surface area contributed by atoms with Crippen LogP contribution in [0, 0.1) is 0 Å². The fraction of sp³-hybridized carbons (Fsp3) is 0.310. The molecule has 2 aromatic carbocycles. The molecule has 0 spiro atoms. The van der Waals surface area contributed by atoms with Crippen LogP contribution in [0.4, 0.5) is 0 Å². The highest BCUT2D eigenvalue weighted by molar-refractivity contribution is 5.83. The molecule has 5 aromatic rings. The largest absolute Gasteiger partial charge is 0.468 e. The summed E-state index contributed by atoms with van der Waals surface area (Å²) in [6.07, 6.45) is 5.97. The van der Waals surface area contributed by atoms with Gasteiger partial charge in [0.05, 0.1) is 24.4 Å². The highest BCUT2D eigenvalue weighted by Crippen LogP contribution is 2.38. The summed E-state index contributed by atoms with van der Waals surface area (Å²) in [5, 5.41) is 13.9. The first-order valence-electron chi connectivity index (χ1n) is 13.3. The molecule has 1 aliphatic heterocycles. The van der Waals surface area contributed by atoms with Crippen molar-refractivity contribution >= 4 is 10.9 Å². The molecule has 1 fully saturated rings. The minimum Gasteiger partial charge on any atom is -0.468 e. The first kappa shape index (κ1) is 23.7. The molecule has 1 atom stereocenters. The van der Waals surface area contributed by atoms with Gasteiger partial charge in [0, 0.05) is 23.6 Å². The van der Waals surface area contributed by atoms with Gasteiger partial charge in [-0.2, -0.15) is 0 Å². The third kappa shape index (κ3) is 4.57. The van der Waals surface area contributed by atoms with Crippen LogP contribution in [0.15, 0.2) is 76.1 Å². The van der Waals surface area contributed by atoms with Crippen molar-refractivity contribution in [2.75, 3.05) is 6.79 Å². The van der Waals surface area contributed by atoms with Gasteiger partial charge in [-0.25, -0.2) is 4.68 Å². The van der Waals surface area contributed by atoms with Gasteiger partial charge in [0.25, 0.3) is 5.56 Å². The Morgan fingerprint density at radius 2 is 1.82 bits per heavy atom. The van der Waals surface area contributed by atoms with Crippen molar-refractivity contribution in [3.8, 4) is 11.5 Å². The Bertz CT molecular complexity index is 1640. The van der Waals surface area contributed by atoms with Crippen molar-refractivity contribution in [2.45, 2.75) is 50.9 Å². The zero-order chi connectivity index (χ0) is 26.2. The van der Waals surface area contributed by atoms with Crippen LogP contribution in [0.3, 0.4) is 0 Å². The Morgan fingerprint density at radius 3 is 2.62 bits per heavy atom. The second-order valence-corrected chi connectivity index (χ2v) is 10.1. The van der Waals surface area contributed by atoms with Gasteiger partial charge in [-0.15, -0.1) is 5.10 Å². The maximum Gasteiger partial charge on any atom is 0.253 e. The fourth-order valence-electron chi connectivity index (χ4n) is 5.76. The summed E-state index contributed by atoms with van der Waals surface area (Å²) in [5.41, 5.74) is 2.14. The number of furan rings is 1. The van der Waals surface area contributed by atoms with E-state index in [0.717, 1.165) is 42.4 Å². The summed E-state index contributed by atoms with van der Waals surface area (Å²) < 4.78 is 18.8. The molecule has 1 saturated carbocycles. The van der Waals surface area contributed by atoms with E-state index in [2.05, 4.69) is 37.5 Å². The van der Waals surface area contributed by atoms with Crippen molar-refractivity contribution in [3.63, 3.8) is 0 Å². The smallest absolute Gasteiger partial charge is 0.253 e. The molecular weight excluding hydrogens is 496 g/mol. The summed E-state index contributed by atoms with van der Waals surface area (Å²) in [4.78, 5) is 19.1. The van der Waals surface area contributed by atoms with Gasteiger partial charge in [0.15, 0.2) is 17.3 Å². The summed E-state index contributed by atoms with van der Waals surface area (Å²) in [7, 11) is 0. The Morgan fingerprint density at radius 1 is 1.00 bits per heavy atom. The average molecular weight is 525 g/mol. The van der Waals surface area contributed by atoms with Crippen LogP contribution in [0.5, 0.6) is 11.5 Å². The molecule has 1 N–H and O–H groups in total. The number of aromatic amines is 1. The number of hydrogen-bond donors (Lipinski definition) is 1. The topological polar surface area (TPSA) is 111 Å². The molecule has 10 nitrogen and oxygen atoms in total. The van der Waals surface area contributed by atoms with E-state index in [1.165, 1.54) is 0 Å². The molecule has 198 valence electrons. The molecule has 4 heterocycles. The molecule has 0 amide bonds. The molecule has 7 rings (SSSR count). The molecular formula is C29H28N6O4. The van der Waals surface area contributed by atoms with Gasteiger partial charge in [0.1, 0.15) is 11.8 Å². The molecule has 10 heteroatoms. The van der Waals surface area contributed by atoms with Crippen LogP contribution < -0.4 is 15.0 Å². The van der Waals surface area contributed by atoms with Gasteiger partial charge < -0.3 is 18.9 Å². The summed E-state index contributed by atoms with van der Waals surface area (Å²) in [6.45, 7) is 1.18. The molecule has 0 saturated heterocycles. The van der Waals surface area contributed by atoms with Gasteiger partial charge in [-0.05, 0) is 53.1 Å². The summed E-state index contributed by atoms with van der Waals surface area (Å²) in [5.74, 6) is 2.71. The first-order valence-corrected chi connectivity index (χ1v) is 13.3. The molecule has 39 heavy (non-hydrogen) atoms. The van der Waals surface area contributed by atoms with E-state index in [4.69, 9.17) is 13.9 Å². The lowest BCUT2D eigenvalue weighted by Crippen LogP contribution is -2.35. The number of pyridine rings is 1. The van der Waals surface area contributed by atoms with Crippen molar-refractivity contribution in [1.82, 2.24) is 30.1 Å². The van der Waals surface area contributed by atoms with Gasteiger partial charge in [-0.3, -0.25) is 9.69 Å². The van der Waals surface area contributed by atoms with Crippen LogP contribution >= 0.6 is 0 Å². The van der Waals surface area contributed by atoms with Crippen LogP contribution in [0.25, 0.3) is 10.9 Å². The second kappa shape index (κ2) is 10.0. The molecule has 1 unspecified atom stereocenters. The molecule has 0 radical (unpaired) electrons. The average Bonchev–Trinajstić information content (AvgIpc) is 3.77. The number of aromatic nitrogens is 5. The normalized spacial score (nSPS) is 15.9. The van der Waals surface area contributed by atoms with Gasteiger partial charge in [0.2, 0.25) is 6.79 Å². The van der Waals surface area contributed by atoms with Crippen LogP contribution in [-0.2, 0) is 13.1 Å². The third-order valence-corrected chi connectivity index (χ3v) is 7.63. The number of rotatable bonds is 8. The zero-order valence-electron chi connectivity index (χ0n) is 21.3. The molecule has 3 aromatic heterocycles. The van der Waals surface area contributed by atoms with Crippen LogP contribution in [-0.4, -0.2) is 36.9 Å². The van der Waals surface area contributed by atoms with E-state index in [0.29, 0.717) is 41.5 Å². The maximum absolute atomic E-state index is 13.8. The SMILES string of the molecule is O=c1[nH]c2cc3c(cc2cc1C(c1nnnn1C1CCCC1)N(Cc1ccccc1)Cc1ccco1)OCO3. The lowest BCUT2D eigenvalue weighted by atomic mass is 10.0. The van der Waals surface area contributed by atoms with Gasteiger partial charge in [-0.1, -0.05) is 43.2 Å². The van der Waals surface area contributed by atoms with E-state index >= 15 is 0 Å². The van der Waals surface area contributed by atoms with E-state index in [-0.39, 0.29) is 18.4 Å². The Hall–Kier alpha value is -4.44. The van der Waals surface area contributed by atoms with Crippen molar-refractivity contribution in [2.24, 2.45) is 0 Å². The summed E-state index contributed by atoms with van der Waals surface area (Å²) >= 11 is 0. The number of hydrogen-bond acceptors (Lipinski definition) is 8. The van der Waals surface area contributed by atoms with Crippen molar-refractivity contribution in [3.05, 3.63) is 100.0 Å². The molecule has 0 bridgehead atoms. The Kier molecular flexibility index (Phi) is 6.08. The van der Waals surface area contributed by atoms with E-state index < -0.39 is 6.04 Å². The number of fused-ring (bicyclic) bond motifs is 2. The Balaban J connectivity index is 1.40. The minimum absolute atomic E-state index is 0.162. The number of ether oxygens (including phenoxy) is 2. The van der Waals surface area contributed by atoms with Gasteiger partial charge >= 0.3 is 0 Å².